The summed E-state index contributed by atoms with van der Waals surface area (Å²) in [6.45, 7) is 3.75. The highest BCUT2D eigenvalue weighted by Crippen LogP contribution is 2.52. The molecule has 2 aromatic carbocycles. The molecule has 2 amide bonds. The lowest BCUT2D eigenvalue weighted by Gasteiger charge is -2.43. The average Bonchev–Trinajstić information content (AvgIpc) is 3.19. The lowest BCUT2D eigenvalue weighted by Crippen LogP contribution is -2.46. The van der Waals surface area contributed by atoms with Crippen LogP contribution in [0.2, 0.25) is 6.32 Å². The Hall–Kier alpha value is -3.58. The summed E-state index contributed by atoms with van der Waals surface area (Å²) in [5.74, 6) is -4.37. The number of benzene rings is 2. The number of hydrogen-bond acceptors (Lipinski definition) is 5. The zero-order valence-electron chi connectivity index (χ0n) is 23.9. The molecular weight excluding hydrogens is 591 g/mol. The van der Waals surface area contributed by atoms with Gasteiger partial charge in [-0.2, -0.15) is 26.3 Å². The molecule has 2 fully saturated rings. The number of rotatable bonds is 6. The van der Waals surface area contributed by atoms with Gasteiger partial charge in [-0.1, -0.05) is 36.3 Å². The number of carbonyl (C=O) groups is 2. The fraction of sp³-hybridized carbons (Fsp3) is 0.419. The van der Waals surface area contributed by atoms with E-state index in [2.05, 4.69) is 0 Å². The van der Waals surface area contributed by atoms with E-state index in [9.17, 15) is 46.1 Å². The number of amides is 2. The molecule has 5 rings (SSSR count). The van der Waals surface area contributed by atoms with Crippen LogP contribution < -0.4 is 4.90 Å². The number of imide groups is 1. The zero-order chi connectivity index (χ0) is 32.1. The Kier molecular flexibility index (Phi) is 8.49. The number of fused-ring (bicyclic) bond motifs is 3. The third-order valence-corrected chi connectivity index (χ3v) is 8.65. The van der Waals surface area contributed by atoms with Crippen LogP contribution in [0.3, 0.4) is 0 Å². The quantitative estimate of drug-likeness (QED) is 0.157. The van der Waals surface area contributed by atoms with Gasteiger partial charge in [0, 0.05) is 0 Å². The first-order valence-electron chi connectivity index (χ1n) is 14.3. The number of phenols is 1. The highest BCUT2D eigenvalue weighted by molar-refractivity contribution is 6.43. The molecule has 0 aromatic heterocycles. The summed E-state index contributed by atoms with van der Waals surface area (Å²) in [6.07, 6.45) is -7.54. The summed E-state index contributed by atoms with van der Waals surface area (Å²) >= 11 is 0. The summed E-state index contributed by atoms with van der Waals surface area (Å²) in [4.78, 5) is 27.8. The van der Waals surface area contributed by atoms with Crippen molar-refractivity contribution in [1.29, 1.82) is 0 Å². The van der Waals surface area contributed by atoms with E-state index in [-0.39, 0.29) is 24.6 Å². The fourth-order valence-corrected chi connectivity index (χ4v) is 6.75. The molecule has 44 heavy (non-hydrogen) atoms. The molecule has 2 saturated heterocycles. The molecular formula is C31H30BF6NO5. The van der Waals surface area contributed by atoms with Crippen molar-refractivity contribution in [2.45, 2.75) is 64.3 Å². The van der Waals surface area contributed by atoms with E-state index in [4.69, 9.17) is 4.65 Å². The number of nitrogens with zero attached hydrogens (tertiary/aromatic N) is 1. The van der Waals surface area contributed by atoms with Crippen molar-refractivity contribution >= 4 is 30.7 Å². The SMILES string of the molecule is CCC1=C2[C@@H](CC/C(C)=C/c3cccc(O)c3)OB(O)C[C@@H]2[C@@H]2C(=O)N(c3cc(C(F)(F)F)cc(C(F)(F)F)c3)C(=O)[C@@H]2C1. The second-order valence-corrected chi connectivity index (χ2v) is 11.6. The van der Waals surface area contributed by atoms with Crippen molar-refractivity contribution in [3.05, 3.63) is 75.9 Å². The standard InChI is InChI=1S/C31H30BF6NO5/c1-3-18-11-23-27(29(42)39(28(23)41)21-13-19(30(33,34)35)12-20(14-21)31(36,37)38)24-15-32(43)44-25(26(18)24)8-7-16(2)9-17-5-4-6-22(40)10-17/h4-6,9-10,12-14,23-25,27,40,43H,3,7-8,11,15H2,1-2H3/b16-9+/t23-,24+,25-,27-/m1/s1. The van der Waals surface area contributed by atoms with Crippen molar-refractivity contribution in [2.75, 3.05) is 4.90 Å². The first-order chi connectivity index (χ1) is 20.6. The molecule has 2 heterocycles. The smallest absolute Gasteiger partial charge is 0.455 e. The number of phenolic OH excluding ortho intramolecular Hbond substituents is 1. The third-order valence-electron chi connectivity index (χ3n) is 8.65. The highest BCUT2D eigenvalue weighted by atomic mass is 19.4. The minimum absolute atomic E-state index is 0.0438. The van der Waals surface area contributed by atoms with Gasteiger partial charge in [0.25, 0.3) is 0 Å². The molecule has 2 aromatic rings. The lowest BCUT2D eigenvalue weighted by atomic mass is 9.58. The van der Waals surface area contributed by atoms with Gasteiger partial charge < -0.3 is 14.8 Å². The summed E-state index contributed by atoms with van der Waals surface area (Å²) in [7, 11) is -1.29. The molecule has 0 saturated carbocycles. The Morgan fingerprint density at radius 2 is 1.68 bits per heavy atom. The van der Waals surface area contributed by atoms with Crippen LogP contribution in [0.4, 0.5) is 32.0 Å². The molecule has 4 atom stereocenters. The second kappa shape index (κ2) is 11.7. The molecule has 2 aliphatic heterocycles. The Labute approximate surface area is 250 Å². The molecule has 0 unspecified atom stereocenters. The van der Waals surface area contributed by atoms with Gasteiger partial charge in [-0.05, 0) is 86.3 Å². The molecule has 3 aliphatic rings. The summed E-state index contributed by atoms with van der Waals surface area (Å²) in [5, 5.41) is 20.4. The molecule has 6 nitrogen and oxygen atoms in total. The average molecular weight is 621 g/mol. The zero-order valence-corrected chi connectivity index (χ0v) is 23.9. The Morgan fingerprint density at radius 1 is 1.02 bits per heavy atom. The third kappa shape index (κ3) is 6.17. The maximum absolute atomic E-state index is 13.8. The van der Waals surface area contributed by atoms with E-state index in [1.54, 1.807) is 18.2 Å². The number of aromatic hydroxyl groups is 1. The van der Waals surface area contributed by atoms with Crippen molar-refractivity contribution in [1.82, 2.24) is 0 Å². The van der Waals surface area contributed by atoms with E-state index in [1.807, 2.05) is 26.0 Å². The first-order valence-corrected chi connectivity index (χ1v) is 14.3. The predicted octanol–water partition coefficient (Wildman–Crippen LogP) is 7.02. The number of anilines is 1. The van der Waals surface area contributed by atoms with Gasteiger partial charge in [-0.15, -0.1) is 0 Å². The van der Waals surface area contributed by atoms with Crippen LogP contribution in [-0.2, 0) is 26.6 Å². The van der Waals surface area contributed by atoms with Gasteiger partial charge in [0.05, 0.1) is 34.8 Å². The molecule has 2 N–H and O–H groups in total. The van der Waals surface area contributed by atoms with Crippen molar-refractivity contribution in [3.8, 4) is 5.75 Å². The van der Waals surface area contributed by atoms with Crippen LogP contribution in [-0.4, -0.2) is 35.2 Å². The lowest BCUT2D eigenvalue weighted by molar-refractivity contribution is -0.143. The van der Waals surface area contributed by atoms with E-state index < -0.39 is 72.0 Å². The molecule has 0 radical (unpaired) electrons. The largest absolute Gasteiger partial charge is 0.508 e. The number of hydrogen-bond donors (Lipinski definition) is 2. The van der Waals surface area contributed by atoms with E-state index in [0.717, 1.165) is 22.3 Å². The van der Waals surface area contributed by atoms with Gasteiger partial charge in [-0.3, -0.25) is 9.59 Å². The van der Waals surface area contributed by atoms with E-state index in [1.165, 1.54) is 0 Å². The maximum atomic E-state index is 13.8. The van der Waals surface area contributed by atoms with Gasteiger partial charge >= 0.3 is 19.5 Å². The normalized spacial score (nSPS) is 24.6. The summed E-state index contributed by atoms with van der Waals surface area (Å²) in [5.41, 5.74) is -0.710. The number of allylic oxidation sites excluding steroid dienone is 2. The van der Waals surface area contributed by atoms with Crippen LogP contribution in [0.15, 0.2) is 59.2 Å². The second-order valence-electron chi connectivity index (χ2n) is 11.6. The van der Waals surface area contributed by atoms with Gasteiger partial charge in [0.15, 0.2) is 0 Å². The minimum atomic E-state index is -5.15. The first kappa shape index (κ1) is 31.8. The molecule has 13 heteroatoms. The van der Waals surface area contributed by atoms with Gasteiger partial charge in [-0.25, -0.2) is 4.90 Å². The highest BCUT2D eigenvalue weighted by Gasteiger charge is 2.57. The topological polar surface area (TPSA) is 87.1 Å². The number of halogens is 6. The number of carbonyl (C=O) groups excluding carboxylic acids is 2. The van der Waals surface area contributed by atoms with Crippen LogP contribution in [0, 0.1) is 17.8 Å². The van der Waals surface area contributed by atoms with E-state index in [0.29, 0.717) is 36.3 Å². The monoisotopic (exact) mass is 621 g/mol. The van der Waals surface area contributed by atoms with Crippen molar-refractivity contribution in [3.63, 3.8) is 0 Å². The molecule has 1 aliphatic carbocycles. The summed E-state index contributed by atoms with van der Waals surface area (Å²) < 4.78 is 87.3. The molecule has 234 valence electrons. The van der Waals surface area contributed by atoms with E-state index >= 15 is 0 Å². The predicted molar refractivity (Wildman–Crippen MR) is 150 cm³/mol. The van der Waals surface area contributed by atoms with Crippen LogP contribution in [0.25, 0.3) is 6.08 Å². The minimum Gasteiger partial charge on any atom is -0.508 e. The van der Waals surface area contributed by atoms with Crippen LogP contribution >= 0.6 is 0 Å². The van der Waals surface area contributed by atoms with Gasteiger partial charge in [0.2, 0.25) is 11.8 Å². The summed E-state index contributed by atoms with van der Waals surface area (Å²) in [6, 6.07) is 7.43. The Bertz CT molecular complexity index is 1500. The Balaban J connectivity index is 1.46. The van der Waals surface area contributed by atoms with Crippen LogP contribution in [0.1, 0.15) is 56.2 Å². The van der Waals surface area contributed by atoms with Gasteiger partial charge in [0.1, 0.15) is 5.75 Å². The molecule has 0 bridgehead atoms. The maximum Gasteiger partial charge on any atom is 0.455 e. The fourth-order valence-electron chi connectivity index (χ4n) is 6.75. The van der Waals surface area contributed by atoms with Crippen molar-refractivity contribution in [2.24, 2.45) is 17.8 Å². The number of alkyl halides is 6. The molecule has 0 spiro atoms. The van der Waals surface area contributed by atoms with Crippen LogP contribution in [0.5, 0.6) is 5.75 Å². The Morgan fingerprint density at radius 3 is 2.27 bits per heavy atom. The van der Waals surface area contributed by atoms with Crippen molar-refractivity contribution < 1.29 is 50.7 Å².